The van der Waals surface area contributed by atoms with Crippen LogP contribution in [0, 0.1) is 24.1 Å². The summed E-state index contributed by atoms with van der Waals surface area (Å²) in [5.74, 6) is -1.08. The normalized spacial score (nSPS) is 9.38. The van der Waals surface area contributed by atoms with Crippen molar-refractivity contribution in [2.45, 2.75) is 13.8 Å². The molecule has 1 aromatic rings. The monoisotopic (exact) mass is 177 g/mol. The highest BCUT2D eigenvalue weighted by molar-refractivity contribution is 5.94. The van der Waals surface area contributed by atoms with E-state index in [9.17, 15) is 9.18 Å². The second-order valence-electron chi connectivity index (χ2n) is 2.84. The lowest BCUT2D eigenvalue weighted by atomic mass is 10.0. The number of Topliss-reactive ketones (excluding diaryl/α,β-unsaturated/α-hetero) is 1. The first-order valence-electron chi connectivity index (χ1n) is 3.77. The molecule has 0 saturated heterocycles. The number of hydrogen-bond donors (Lipinski definition) is 0. The Morgan fingerprint density at radius 2 is 2.15 bits per heavy atom. The zero-order valence-electron chi connectivity index (χ0n) is 7.39. The first kappa shape index (κ1) is 9.40. The second-order valence-corrected chi connectivity index (χ2v) is 2.84. The van der Waals surface area contributed by atoms with Crippen LogP contribution in [-0.2, 0) is 0 Å². The van der Waals surface area contributed by atoms with Gasteiger partial charge in [-0.25, -0.2) is 4.39 Å². The molecule has 0 spiro atoms. The fourth-order valence-corrected chi connectivity index (χ4v) is 1.11. The molecule has 0 heterocycles. The van der Waals surface area contributed by atoms with Crippen molar-refractivity contribution < 1.29 is 9.18 Å². The average Bonchev–Trinajstić information content (AvgIpc) is 2.08. The van der Waals surface area contributed by atoms with Crippen molar-refractivity contribution in [1.29, 1.82) is 5.26 Å². The first-order valence-corrected chi connectivity index (χ1v) is 3.77. The lowest BCUT2D eigenvalue weighted by Crippen LogP contribution is -2.00. The number of halogens is 1. The SMILES string of the molecule is CC(=O)c1cc(C)cc(C#N)c1F. The van der Waals surface area contributed by atoms with Crippen LogP contribution in [0.25, 0.3) is 0 Å². The van der Waals surface area contributed by atoms with Gasteiger partial charge >= 0.3 is 0 Å². The Morgan fingerprint density at radius 1 is 1.54 bits per heavy atom. The van der Waals surface area contributed by atoms with Gasteiger partial charge < -0.3 is 0 Å². The van der Waals surface area contributed by atoms with E-state index in [1.165, 1.54) is 19.1 Å². The number of rotatable bonds is 1. The molecule has 13 heavy (non-hydrogen) atoms. The van der Waals surface area contributed by atoms with Crippen LogP contribution in [0.1, 0.15) is 28.4 Å². The number of benzene rings is 1. The highest BCUT2D eigenvalue weighted by atomic mass is 19.1. The van der Waals surface area contributed by atoms with E-state index < -0.39 is 5.82 Å². The Hall–Kier alpha value is -1.69. The minimum absolute atomic E-state index is 0.0171. The molecule has 0 unspecified atom stereocenters. The third-order valence-electron chi connectivity index (χ3n) is 1.72. The van der Waals surface area contributed by atoms with Gasteiger partial charge in [-0.05, 0) is 31.5 Å². The Labute approximate surface area is 75.6 Å². The summed E-state index contributed by atoms with van der Waals surface area (Å²) in [6, 6.07) is 4.57. The van der Waals surface area contributed by atoms with Crippen molar-refractivity contribution in [3.63, 3.8) is 0 Å². The molecule has 1 rings (SSSR count). The molecule has 0 fully saturated rings. The van der Waals surface area contributed by atoms with Gasteiger partial charge in [-0.2, -0.15) is 5.26 Å². The molecule has 0 amide bonds. The molecule has 0 radical (unpaired) electrons. The van der Waals surface area contributed by atoms with Gasteiger partial charge in [0.15, 0.2) is 11.6 Å². The van der Waals surface area contributed by atoms with Gasteiger partial charge in [-0.1, -0.05) is 0 Å². The lowest BCUT2D eigenvalue weighted by molar-refractivity contribution is 0.101. The van der Waals surface area contributed by atoms with Gasteiger partial charge in [0, 0.05) is 0 Å². The Kier molecular flexibility index (Phi) is 2.43. The molecule has 0 aliphatic heterocycles. The number of aryl methyl sites for hydroxylation is 1. The van der Waals surface area contributed by atoms with Gasteiger partial charge in [-0.15, -0.1) is 0 Å². The van der Waals surface area contributed by atoms with Crippen LogP contribution in [0.2, 0.25) is 0 Å². The second kappa shape index (κ2) is 3.36. The zero-order chi connectivity index (χ0) is 10.0. The topological polar surface area (TPSA) is 40.9 Å². The molecule has 0 aromatic heterocycles. The highest BCUT2D eigenvalue weighted by Gasteiger charge is 2.12. The van der Waals surface area contributed by atoms with Gasteiger partial charge in [0.05, 0.1) is 11.1 Å². The highest BCUT2D eigenvalue weighted by Crippen LogP contribution is 2.15. The summed E-state index contributed by atoms with van der Waals surface area (Å²) < 4.78 is 13.3. The fourth-order valence-electron chi connectivity index (χ4n) is 1.11. The molecule has 0 atom stereocenters. The van der Waals surface area contributed by atoms with Gasteiger partial charge in [0.25, 0.3) is 0 Å². The van der Waals surface area contributed by atoms with E-state index in [1.54, 1.807) is 13.0 Å². The molecule has 66 valence electrons. The van der Waals surface area contributed by atoms with Crippen LogP contribution < -0.4 is 0 Å². The summed E-state index contributed by atoms with van der Waals surface area (Å²) in [6.07, 6.45) is 0. The summed E-state index contributed by atoms with van der Waals surface area (Å²) in [4.78, 5) is 10.9. The number of ketones is 1. The number of carbonyl (C=O) groups excluding carboxylic acids is 1. The minimum atomic E-state index is -0.722. The van der Waals surface area contributed by atoms with E-state index >= 15 is 0 Å². The Bertz CT molecular complexity index is 404. The number of nitriles is 1. The van der Waals surface area contributed by atoms with E-state index in [1.807, 2.05) is 0 Å². The van der Waals surface area contributed by atoms with E-state index in [4.69, 9.17) is 5.26 Å². The molecule has 1 aromatic carbocycles. The first-order chi connectivity index (χ1) is 6.06. The maximum absolute atomic E-state index is 13.3. The Morgan fingerprint density at radius 3 is 2.62 bits per heavy atom. The van der Waals surface area contributed by atoms with E-state index in [0.29, 0.717) is 5.56 Å². The van der Waals surface area contributed by atoms with Gasteiger partial charge in [0.2, 0.25) is 0 Å². The maximum atomic E-state index is 13.3. The predicted molar refractivity (Wildman–Crippen MR) is 45.9 cm³/mol. The van der Waals surface area contributed by atoms with Crippen molar-refractivity contribution in [3.8, 4) is 6.07 Å². The van der Waals surface area contributed by atoms with Crippen LogP contribution >= 0.6 is 0 Å². The average molecular weight is 177 g/mol. The van der Waals surface area contributed by atoms with Crippen molar-refractivity contribution in [2.24, 2.45) is 0 Å². The molecular formula is C10H8FNO. The van der Waals surface area contributed by atoms with Crippen LogP contribution in [0.4, 0.5) is 4.39 Å². The van der Waals surface area contributed by atoms with E-state index in [-0.39, 0.29) is 16.9 Å². The number of hydrogen-bond acceptors (Lipinski definition) is 2. The van der Waals surface area contributed by atoms with E-state index in [2.05, 4.69) is 0 Å². The van der Waals surface area contributed by atoms with E-state index in [0.717, 1.165) is 0 Å². The van der Waals surface area contributed by atoms with Crippen LogP contribution in [0.15, 0.2) is 12.1 Å². The third-order valence-corrected chi connectivity index (χ3v) is 1.72. The zero-order valence-corrected chi connectivity index (χ0v) is 7.39. The molecule has 0 aliphatic rings. The summed E-state index contributed by atoms with van der Waals surface area (Å²) >= 11 is 0. The van der Waals surface area contributed by atoms with Crippen molar-refractivity contribution in [2.75, 3.05) is 0 Å². The van der Waals surface area contributed by atoms with Gasteiger partial charge in [0.1, 0.15) is 6.07 Å². The Balaban J connectivity index is 3.47. The number of carbonyl (C=O) groups is 1. The molecule has 0 bridgehead atoms. The van der Waals surface area contributed by atoms with Crippen molar-refractivity contribution in [3.05, 3.63) is 34.6 Å². The minimum Gasteiger partial charge on any atom is -0.294 e. The van der Waals surface area contributed by atoms with Crippen molar-refractivity contribution >= 4 is 5.78 Å². The quantitative estimate of drug-likeness (QED) is 0.617. The molecule has 0 saturated carbocycles. The van der Waals surface area contributed by atoms with Gasteiger partial charge in [-0.3, -0.25) is 4.79 Å². The van der Waals surface area contributed by atoms with Crippen LogP contribution in [0.5, 0.6) is 0 Å². The molecule has 0 aliphatic carbocycles. The maximum Gasteiger partial charge on any atom is 0.162 e. The summed E-state index contributed by atoms with van der Waals surface area (Å²) in [6.45, 7) is 2.99. The lowest BCUT2D eigenvalue weighted by Gasteiger charge is -2.01. The fraction of sp³-hybridized carbons (Fsp3) is 0.200. The number of nitrogens with zero attached hydrogens (tertiary/aromatic N) is 1. The summed E-state index contributed by atoms with van der Waals surface area (Å²) in [5, 5.41) is 8.55. The summed E-state index contributed by atoms with van der Waals surface area (Å²) in [7, 11) is 0. The van der Waals surface area contributed by atoms with Crippen LogP contribution in [0.3, 0.4) is 0 Å². The largest absolute Gasteiger partial charge is 0.294 e. The third kappa shape index (κ3) is 1.73. The van der Waals surface area contributed by atoms with Crippen LogP contribution in [-0.4, -0.2) is 5.78 Å². The van der Waals surface area contributed by atoms with Crippen molar-refractivity contribution in [1.82, 2.24) is 0 Å². The summed E-state index contributed by atoms with van der Waals surface area (Å²) in [5.41, 5.74) is 0.616. The predicted octanol–water partition coefficient (Wildman–Crippen LogP) is 2.21. The molecular weight excluding hydrogens is 169 g/mol. The molecule has 0 N–H and O–H groups in total. The standard InChI is InChI=1S/C10H8FNO/c1-6-3-8(5-12)10(11)9(4-6)7(2)13/h3-4H,1-2H3. The smallest absolute Gasteiger partial charge is 0.162 e. The molecule has 2 nitrogen and oxygen atoms in total. The molecule has 3 heteroatoms.